The maximum atomic E-state index is 9.80. The van der Waals surface area contributed by atoms with E-state index in [-0.39, 0.29) is 6.10 Å². The highest BCUT2D eigenvalue weighted by Crippen LogP contribution is 2.12. The summed E-state index contributed by atoms with van der Waals surface area (Å²) in [6.45, 7) is 9.01. The van der Waals surface area contributed by atoms with Crippen LogP contribution in [-0.4, -0.2) is 49.7 Å². The Morgan fingerprint density at radius 2 is 2.22 bits per heavy atom. The molecule has 0 aromatic carbocycles. The number of hydrogen-bond donors (Lipinski definition) is 2. The molecule has 1 rings (SSSR count). The normalized spacial score (nSPS) is 25.0. The SMILES string of the molecule is CCC(C)C(C)NCC(O)COCC1CCCO1. The number of nitrogens with one attached hydrogen (secondary N) is 1. The maximum absolute atomic E-state index is 9.80. The van der Waals surface area contributed by atoms with Gasteiger partial charge in [0.25, 0.3) is 0 Å². The summed E-state index contributed by atoms with van der Waals surface area (Å²) in [5.74, 6) is 0.630. The molecule has 0 saturated carbocycles. The van der Waals surface area contributed by atoms with Crippen LogP contribution in [0.4, 0.5) is 0 Å². The number of ether oxygens (including phenoxy) is 2. The molecule has 1 aliphatic rings. The molecule has 1 fully saturated rings. The first-order chi connectivity index (χ1) is 8.63. The van der Waals surface area contributed by atoms with Crippen LogP contribution >= 0.6 is 0 Å². The minimum Gasteiger partial charge on any atom is -0.389 e. The standard InChI is InChI=1S/C14H29NO3/c1-4-11(2)12(3)15-8-13(16)9-17-10-14-6-5-7-18-14/h11-16H,4-10H2,1-3H3. The Kier molecular flexibility index (Phi) is 7.82. The summed E-state index contributed by atoms with van der Waals surface area (Å²) in [7, 11) is 0. The second kappa shape index (κ2) is 8.86. The predicted molar refractivity (Wildman–Crippen MR) is 72.7 cm³/mol. The van der Waals surface area contributed by atoms with Gasteiger partial charge in [0.05, 0.1) is 25.4 Å². The summed E-state index contributed by atoms with van der Waals surface area (Å²) in [5, 5.41) is 13.1. The van der Waals surface area contributed by atoms with Crippen molar-refractivity contribution in [2.24, 2.45) is 5.92 Å². The van der Waals surface area contributed by atoms with E-state index in [0.717, 1.165) is 25.9 Å². The van der Waals surface area contributed by atoms with Gasteiger partial charge in [0.15, 0.2) is 0 Å². The van der Waals surface area contributed by atoms with Crippen LogP contribution in [0.15, 0.2) is 0 Å². The third-order valence-corrected chi connectivity index (χ3v) is 3.81. The molecule has 0 aliphatic carbocycles. The first-order valence-corrected chi connectivity index (χ1v) is 7.24. The lowest BCUT2D eigenvalue weighted by Gasteiger charge is -2.22. The zero-order valence-electron chi connectivity index (χ0n) is 12.0. The van der Waals surface area contributed by atoms with E-state index in [2.05, 4.69) is 26.1 Å². The Labute approximate surface area is 111 Å². The van der Waals surface area contributed by atoms with Crippen LogP contribution < -0.4 is 5.32 Å². The van der Waals surface area contributed by atoms with Crippen LogP contribution in [0.25, 0.3) is 0 Å². The molecule has 4 nitrogen and oxygen atoms in total. The Hall–Kier alpha value is -0.160. The van der Waals surface area contributed by atoms with Gasteiger partial charge < -0.3 is 19.9 Å². The van der Waals surface area contributed by atoms with Crippen LogP contribution in [0, 0.1) is 5.92 Å². The highest BCUT2D eigenvalue weighted by atomic mass is 16.5. The number of rotatable bonds is 9. The van der Waals surface area contributed by atoms with Crippen molar-refractivity contribution in [1.82, 2.24) is 5.32 Å². The smallest absolute Gasteiger partial charge is 0.0897 e. The topological polar surface area (TPSA) is 50.7 Å². The molecule has 108 valence electrons. The fraction of sp³-hybridized carbons (Fsp3) is 1.00. The monoisotopic (exact) mass is 259 g/mol. The zero-order chi connectivity index (χ0) is 13.4. The van der Waals surface area contributed by atoms with Crippen molar-refractivity contribution in [2.45, 2.75) is 58.3 Å². The van der Waals surface area contributed by atoms with Gasteiger partial charge in [-0.1, -0.05) is 20.3 Å². The molecule has 1 aliphatic heterocycles. The zero-order valence-corrected chi connectivity index (χ0v) is 12.0. The van der Waals surface area contributed by atoms with Crippen LogP contribution in [0.5, 0.6) is 0 Å². The fourth-order valence-corrected chi connectivity index (χ4v) is 2.05. The minimum absolute atomic E-state index is 0.240. The Bertz CT molecular complexity index is 207. The van der Waals surface area contributed by atoms with Gasteiger partial charge in [0, 0.05) is 19.2 Å². The molecule has 0 spiro atoms. The van der Waals surface area contributed by atoms with Crippen LogP contribution in [0.1, 0.15) is 40.0 Å². The van der Waals surface area contributed by atoms with Gasteiger partial charge in [0.2, 0.25) is 0 Å². The molecule has 0 aromatic rings. The summed E-state index contributed by atoms with van der Waals surface area (Å²) < 4.78 is 10.9. The third-order valence-electron chi connectivity index (χ3n) is 3.81. The quantitative estimate of drug-likeness (QED) is 0.660. The Morgan fingerprint density at radius 1 is 1.44 bits per heavy atom. The highest BCUT2D eigenvalue weighted by molar-refractivity contribution is 4.70. The van der Waals surface area contributed by atoms with Gasteiger partial charge in [0.1, 0.15) is 0 Å². The average Bonchev–Trinajstić information content (AvgIpc) is 2.88. The molecule has 0 radical (unpaired) electrons. The number of aliphatic hydroxyl groups excluding tert-OH is 1. The summed E-state index contributed by atoms with van der Waals surface area (Å²) in [5.41, 5.74) is 0. The molecule has 0 amide bonds. The average molecular weight is 259 g/mol. The maximum Gasteiger partial charge on any atom is 0.0897 e. The summed E-state index contributed by atoms with van der Waals surface area (Å²) in [6.07, 6.45) is 3.17. The first-order valence-electron chi connectivity index (χ1n) is 7.24. The largest absolute Gasteiger partial charge is 0.389 e. The lowest BCUT2D eigenvalue weighted by atomic mass is 10.0. The second-order valence-corrected chi connectivity index (χ2v) is 5.41. The van der Waals surface area contributed by atoms with Crippen LogP contribution in [0.3, 0.4) is 0 Å². The Balaban J connectivity index is 2.00. The van der Waals surface area contributed by atoms with Crippen molar-refractivity contribution in [3.63, 3.8) is 0 Å². The lowest BCUT2D eigenvalue weighted by Crippen LogP contribution is -2.39. The molecule has 18 heavy (non-hydrogen) atoms. The van der Waals surface area contributed by atoms with Gasteiger partial charge in [-0.2, -0.15) is 0 Å². The van der Waals surface area contributed by atoms with E-state index in [9.17, 15) is 5.11 Å². The lowest BCUT2D eigenvalue weighted by molar-refractivity contribution is -0.0171. The van der Waals surface area contributed by atoms with E-state index in [1.54, 1.807) is 0 Å². The van der Waals surface area contributed by atoms with Gasteiger partial charge in [-0.25, -0.2) is 0 Å². The molecule has 0 aromatic heterocycles. The Morgan fingerprint density at radius 3 is 2.83 bits per heavy atom. The molecule has 1 saturated heterocycles. The number of hydrogen-bond acceptors (Lipinski definition) is 4. The first kappa shape index (κ1) is 15.9. The molecule has 4 atom stereocenters. The predicted octanol–water partition coefficient (Wildman–Crippen LogP) is 1.57. The van der Waals surface area contributed by atoms with E-state index in [1.807, 2.05) is 0 Å². The van der Waals surface area contributed by atoms with Crippen molar-refractivity contribution < 1.29 is 14.6 Å². The molecule has 0 bridgehead atoms. The van der Waals surface area contributed by atoms with Crippen molar-refractivity contribution in [2.75, 3.05) is 26.4 Å². The van der Waals surface area contributed by atoms with Crippen molar-refractivity contribution in [3.05, 3.63) is 0 Å². The van der Waals surface area contributed by atoms with E-state index in [4.69, 9.17) is 9.47 Å². The van der Waals surface area contributed by atoms with Crippen LogP contribution in [-0.2, 0) is 9.47 Å². The van der Waals surface area contributed by atoms with Crippen molar-refractivity contribution in [1.29, 1.82) is 0 Å². The summed E-state index contributed by atoms with van der Waals surface area (Å²) in [6, 6.07) is 0.433. The molecular weight excluding hydrogens is 230 g/mol. The van der Waals surface area contributed by atoms with Gasteiger partial charge in [-0.05, 0) is 25.7 Å². The second-order valence-electron chi connectivity index (χ2n) is 5.41. The molecular formula is C14H29NO3. The molecule has 2 N–H and O–H groups in total. The van der Waals surface area contributed by atoms with Crippen molar-refractivity contribution >= 4 is 0 Å². The van der Waals surface area contributed by atoms with E-state index in [1.165, 1.54) is 0 Å². The molecule has 4 unspecified atom stereocenters. The minimum atomic E-state index is -0.432. The summed E-state index contributed by atoms with van der Waals surface area (Å²) in [4.78, 5) is 0. The fourth-order valence-electron chi connectivity index (χ4n) is 2.05. The van der Waals surface area contributed by atoms with E-state index < -0.39 is 6.10 Å². The van der Waals surface area contributed by atoms with Crippen LogP contribution in [0.2, 0.25) is 0 Å². The van der Waals surface area contributed by atoms with E-state index >= 15 is 0 Å². The number of aliphatic hydroxyl groups is 1. The highest BCUT2D eigenvalue weighted by Gasteiger charge is 2.16. The van der Waals surface area contributed by atoms with Gasteiger partial charge in [-0.15, -0.1) is 0 Å². The van der Waals surface area contributed by atoms with Gasteiger partial charge in [-0.3, -0.25) is 0 Å². The van der Waals surface area contributed by atoms with Crippen molar-refractivity contribution in [3.8, 4) is 0 Å². The third kappa shape index (κ3) is 6.14. The summed E-state index contributed by atoms with van der Waals surface area (Å²) >= 11 is 0. The molecule has 4 heteroatoms. The van der Waals surface area contributed by atoms with E-state index in [0.29, 0.717) is 31.7 Å². The molecule has 1 heterocycles. The van der Waals surface area contributed by atoms with Gasteiger partial charge >= 0.3 is 0 Å².